The molecule has 1 aliphatic rings. The molecule has 40 heavy (non-hydrogen) atoms. The molecule has 1 aliphatic heterocycles. The van der Waals surface area contributed by atoms with Gasteiger partial charge in [-0.1, -0.05) is 30.3 Å². The van der Waals surface area contributed by atoms with Crippen LogP contribution in [0, 0.1) is 0 Å². The molecule has 10 heteroatoms. The second kappa shape index (κ2) is 13.7. The molecule has 3 N–H and O–H groups in total. The minimum Gasteiger partial charge on any atom is -0.494 e. The number of hydrazine groups is 1. The summed E-state index contributed by atoms with van der Waals surface area (Å²) in [5.41, 5.74) is 7.17. The lowest BCUT2D eigenvalue weighted by atomic mass is 9.91. The zero-order valence-corrected chi connectivity index (χ0v) is 22.9. The van der Waals surface area contributed by atoms with Crippen LogP contribution >= 0.6 is 0 Å². The molecule has 3 aromatic carbocycles. The third-order valence-electron chi connectivity index (χ3n) is 6.42. The number of amides is 1. The van der Waals surface area contributed by atoms with Crippen molar-refractivity contribution in [2.45, 2.75) is 24.9 Å². The van der Waals surface area contributed by atoms with Gasteiger partial charge in [0.05, 0.1) is 27.9 Å². The van der Waals surface area contributed by atoms with Crippen molar-refractivity contribution in [1.29, 1.82) is 0 Å². The molecule has 1 amide bonds. The van der Waals surface area contributed by atoms with Crippen molar-refractivity contribution in [3.63, 3.8) is 0 Å². The predicted octanol–water partition coefficient (Wildman–Crippen LogP) is 3.05. The van der Waals surface area contributed by atoms with Crippen molar-refractivity contribution in [2.24, 2.45) is 4.99 Å². The van der Waals surface area contributed by atoms with Crippen LogP contribution in [-0.2, 0) is 22.5 Å². The van der Waals surface area contributed by atoms with Gasteiger partial charge in [0.2, 0.25) is 11.6 Å². The normalized spacial score (nSPS) is 16.1. The highest BCUT2D eigenvalue weighted by Crippen LogP contribution is 2.38. The van der Waals surface area contributed by atoms with Crippen LogP contribution in [0.15, 0.2) is 71.7 Å². The predicted molar refractivity (Wildman–Crippen MR) is 150 cm³/mol. The van der Waals surface area contributed by atoms with Crippen LogP contribution in [0.2, 0.25) is 0 Å². The first-order valence-corrected chi connectivity index (χ1v) is 12.9. The van der Waals surface area contributed by atoms with Crippen LogP contribution in [-0.4, -0.2) is 63.6 Å². The lowest BCUT2D eigenvalue weighted by molar-refractivity contribution is -0.127. The Morgan fingerprint density at radius 2 is 1.68 bits per heavy atom. The number of aliphatic imine (C=N–C) groups is 1. The van der Waals surface area contributed by atoms with E-state index in [4.69, 9.17) is 33.8 Å². The fourth-order valence-electron chi connectivity index (χ4n) is 4.34. The lowest BCUT2D eigenvalue weighted by Gasteiger charge is -2.23. The molecule has 0 aliphatic carbocycles. The molecule has 0 unspecified atom stereocenters. The average Bonchev–Trinajstić information content (AvgIpc) is 3.42. The fraction of sp³-hybridized carbons (Fsp3) is 0.333. The average molecular weight is 550 g/mol. The Morgan fingerprint density at radius 1 is 0.975 bits per heavy atom. The number of hydrogen-bond donors (Lipinski definition) is 3. The molecule has 0 spiro atoms. The summed E-state index contributed by atoms with van der Waals surface area (Å²) in [5, 5.41) is 8.94. The highest BCUT2D eigenvalue weighted by Gasteiger charge is 2.44. The molecule has 4 rings (SSSR count). The van der Waals surface area contributed by atoms with Crippen molar-refractivity contribution in [3.05, 3.63) is 83.4 Å². The molecule has 10 nitrogen and oxygen atoms in total. The van der Waals surface area contributed by atoms with E-state index < -0.39 is 5.54 Å². The highest BCUT2D eigenvalue weighted by atomic mass is 16.5. The van der Waals surface area contributed by atoms with Crippen LogP contribution in [0.5, 0.6) is 23.0 Å². The summed E-state index contributed by atoms with van der Waals surface area (Å²) in [5.74, 6) is 2.29. The molecule has 0 radical (unpaired) electrons. The SMILES string of the molecule is COc1cc(CNNC(=O)[C@]2(Cc3ccccc3)COC(c3ccc(OCCCO)cc3)=N2)cc(OC)c1OC. The Morgan fingerprint density at radius 3 is 2.30 bits per heavy atom. The van der Waals surface area contributed by atoms with E-state index in [9.17, 15) is 4.79 Å². The van der Waals surface area contributed by atoms with E-state index in [1.165, 1.54) is 0 Å². The van der Waals surface area contributed by atoms with E-state index in [1.54, 1.807) is 21.3 Å². The Kier molecular flexibility index (Phi) is 9.82. The van der Waals surface area contributed by atoms with E-state index in [0.29, 0.717) is 54.9 Å². The molecule has 212 valence electrons. The topological polar surface area (TPSA) is 120 Å². The number of carbonyl (C=O) groups is 1. The number of nitrogens with one attached hydrogen (secondary N) is 2. The molecule has 1 atom stereocenters. The van der Waals surface area contributed by atoms with E-state index in [-0.39, 0.29) is 19.1 Å². The number of rotatable bonds is 14. The van der Waals surface area contributed by atoms with E-state index in [2.05, 4.69) is 10.9 Å². The molecule has 1 heterocycles. The van der Waals surface area contributed by atoms with Gasteiger partial charge in [0, 0.05) is 31.6 Å². The summed E-state index contributed by atoms with van der Waals surface area (Å²) in [6.07, 6.45) is 0.916. The molecular weight excluding hydrogens is 514 g/mol. The largest absolute Gasteiger partial charge is 0.494 e. The minimum absolute atomic E-state index is 0.0750. The van der Waals surface area contributed by atoms with Gasteiger partial charge in [-0.25, -0.2) is 10.4 Å². The standard InChI is InChI=1S/C30H35N3O7/c1-36-25-16-22(17-26(37-2)27(25)38-3)19-31-33-29(35)30(18-21-8-5-4-6-9-21)20-40-28(32-30)23-10-12-24(13-11-23)39-15-7-14-34/h4-6,8-13,16-17,31,34H,7,14-15,18-20H2,1-3H3,(H,33,35)/t30-/m0/s1. The van der Waals surface area contributed by atoms with Crippen molar-refractivity contribution < 1.29 is 33.6 Å². The quantitative estimate of drug-likeness (QED) is 0.207. The summed E-state index contributed by atoms with van der Waals surface area (Å²) in [7, 11) is 4.65. The van der Waals surface area contributed by atoms with Gasteiger partial charge in [-0.3, -0.25) is 10.2 Å². The third-order valence-corrected chi connectivity index (χ3v) is 6.42. The van der Waals surface area contributed by atoms with Crippen LogP contribution < -0.4 is 29.8 Å². The summed E-state index contributed by atoms with van der Waals surface area (Å²) in [6, 6.07) is 20.6. The number of aliphatic hydroxyl groups is 1. The van der Waals surface area contributed by atoms with Crippen molar-refractivity contribution in [1.82, 2.24) is 10.9 Å². The van der Waals surface area contributed by atoms with Gasteiger partial charge in [0.25, 0.3) is 5.91 Å². The molecular formula is C30H35N3O7. The monoisotopic (exact) mass is 549 g/mol. The van der Waals surface area contributed by atoms with Gasteiger partial charge >= 0.3 is 0 Å². The Bertz CT molecular complexity index is 1270. The smallest absolute Gasteiger partial charge is 0.266 e. The number of hydrogen-bond acceptors (Lipinski definition) is 9. The Balaban J connectivity index is 1.50. The van der Waals surface area contributed by atoms with Gasteiger partial charge < -0.3 is 28.8 Å². The van der Waals surface area contributed by atoms with Crippen molar-refractivity contribution in [3.8, 4) is 23.0 Å². The van der Waals surface area contributed by atoms with Gasteiger partial charge in [0.15, 0.2) is 17.0 Å². The maximum atomic E-state index is 13.6. The van der Waals surface area contributed by atoms with Gasteiger partial charge in [-0.2, -0.15) is 0 Å². The first-order chi connectivity index (χ1) is 19.5. The Hall–Kier alpha value is -4.28. The number of benzene rings is 3. The highest BCUT2D eigenvalue weighted by molar-refractivity contribution is 6.00. The summed E-state index contributed by atoms with van der Waals surface area (Å²) in [6.45, 7) is 0.894. The molecule has 0 aromatic heterocycles. The van der Waals surface area contributed by atoms with Gasteiger partial charge in [-0.15, -0.1) is 0 Å². The van der Waals surface area contributed by atoms with Crippen molar-refractivity contribution in [2.75, 3.05) is 41.2 Å². The van der Waals surface area contributed by atoms with Gasteiger partial charge in [-0.05, 0) is 47.5 Å². The molecule has 0 saturated heterocycles. The number of carbonyl (C=O) groups excluding carboxylic acids is 1. The first kappa shape index (κ1) is 28.7. The van der Waals surface area contributed by atoms with Crippen LogP contribution in [0.1, 0.15) is 23.1 Å². The second-order valence-electron chi connectivity index (χ2n) is 9.19. The number of aliphatic hydroxyl groups excluding tert-OH is 1. The second-order valence-corrected chi connectivity index (χ2v) is 9.19. The zero-order valence-electron chi connectivity index (χ0n) is 22.9. The third kappa shape index (κ3) is 6.83. The number of ether oxygens (including phenoxy) is 5. The lowest BCUT2D eigenvalue weighted by Crippen LogP contribution is -2.52. The number of methoxy groups -OCH3 is 3. The molecule has 0 saturated carbocycles. The maximum Gasteiger partial charge on any atom is 0.266 e. The van der Waals surface area contributed by atoms with Crippen LogP contribution in [0.4, 0.5) is 0 Å². The Labute approximate surface area is 233 Å². The van der Waals surface area contributed by atoms with Gasteiger partial charge in [0.1, 0.15) is 12.4 Å². The van der Waals surface area contributed by atoms with Crippen molar-refractivity contribution >= 4 is 11.8 Å². The molecule has 3 aromatic rings. The van der Waals surface area contributed by atoms with E-state index in [0.717, 1.165) is 16.7 Å². The molecule has 0 fully saturated rings. The minimum atomic E-state index is -1.17. The van der Waals surface area contributed by atoms with Crippen LogP contribution in [0.25, 0.3) is 0 Å². The number of nitrogens with zero attached hydrogens (tertiary/aromatic N) is 1. The molecule has 0 bridgehead atoms. The zero-order chi connectivity index (χ0) is 28.4. The summed E-state index contributed by atoms with van der Waals surface area (Å²) >= 11 is 0. The fourth-order valence-corrected chi connectivity index (χ4v) is 4.34. The van der Waals surface area contributed by atoms with Crippen LogP contribution in [0.3, 0.4) is 0 Å². The maximum absolute atomic E-state index is 13.6. The van der Waals surface area contributed by atoms with E-state index in [1.807, 2.05) is 66.7 Å². The first-order valence-electron chi connectivity index (χ1n) is 12.9. The summed E-state index contributed by atoms with van der Waals surface area (Å²) < 4.78 is 27.8. The summed E-state index contributed by atoms with van der Waals surface area (Å²) in [4.78, 5) is 18.4. The van der Waals surface area contributed by atoms with E-state index >= 15 is 0 Å².